The van der Waals surface area contributed by atoms with Crippen molar-refractivity contribution < 1.29 is 27.5 Å². The highest BCUT2D eigenvalue weighted by Crippen LogP contribution is 2.22. The number of para-hydroxylation sites is 1. The highest BCUT2D eigenvalue weighted by molar-refractivity contribution is 7.91. The Morgan fingerprint density at radius 1 is 1.07 bits per heavy atom. The van der Waals surface area contributed by atoms with Crippen LogP contribution >= 0.6 is 0 Å². The zero-order valence-electron chi connectivity index (χ0n) is 16.1. The average Bonchev–Trinajstić information content (AvgIpc) is 2.98. The zero-order chi connectivity index (χ0) is 20.9. The molecule has 1 N–H and O–H groups in total. The van der Waals surface area contributed by atoms with Crippen molar-refractivity contribution in [3.05, 3.63) is 65.7 Å². The summed E-state index contributed by atoms with van der Waals surface area (Å²) in [5.74, 6) is -0.570. The van der Waals surface area contributed by atoms with Gasteiger partial charge in [-0.2, -0.15) is 0 Å². The molecule has 2 aromatic carbocycles. The van der Waals surface area contributed by atoms with E-state index in [9.17, 15) is 18.0 Å². The summed E-state index contributed by atoms with van der Waals surface area (Å²) in [7, 11) is -3.15. The second-order valence-corrected chi connectivity index (χ2v) is 9.47. The van der Waals surface area contributed by atoms with Gasteiger partial charge in [-0.1, -0.05) is 36.4 Å². The summed E-state index contributed by atoms with van der Waals surface area (Å²) in [5, 5.41) is 2.66. The maximum atomic E-state index is 12.4. The maximum Gasteiger partial charge on any atom is 0.339 e. The normalized spacial score (nSPS) is 20.0. The summed E-state index contributed by atoms with van der Waals surface area (Å²) in [6.45, 7) is 1.37. The summed E-state index contributed by atoms with van der Waals surface area (Å²) >= 11 is 0. The Balaban J connectivity index is 1.56. The minimum atomic E-state index is -3.15. The average molecular weight is 417 g/mol. The van der Waals surface area contributed by atoms with Gasteiger partial charge in [0, 0.05) is 5.56 Å². The van der Waals surface area contributed by atoms with Crippen LogP contribution in [0.15, 0.2) is 54.6 Å². The van der Waals surface area contributed by atoms with Gasteiger partial charge in [0.05, 0.1) is 22.6 Å². The molecule has 7 nitrogen and oxygen atoms in total. The lowest BCUT2D eigenvalue weighted by molar-refractivity contribution is -0.125. The van der Waals surface area contributed by atoms with Crippen molar-refractivity contribution >= 4 is 21.7 Å². The van der Waals surface area contributed by atoms with Crippen molar-refractivity contribution in [1.82, 2.24) is 5.32 Å². The third kappa shape index (κ3) is 5.80. The summed E-state index contributed by atoms with van der Waals surface area (Å²) in [4.78, 5) is 24.6. The number of carbonyl (C=O) groups excluding carboxylic acids is 2. The van der Waals surface area contributed by atoms with Crippen molar-refractivity contribution in [2.45, 2.75) is 25.5 Å². The molecule has 0 aliphatic carbocycles. The van der Waals surface area contributed by atoms with Crippen LogP contribution in [0.1, 0.15) is 29.3 Å². The number of hydrogen-bond donors (Lipinski definition) is 1. The predicted octanol–water partition coefficient (Wildman–Crippen LogP) is 2.12. The van der Waals surface area contributed by atoms with E-state index < -0.39 is 33.9 Å². The fourth-order valence-electron chi connectivity index (χ4n) is 3.21. The zero-order valence-corrected chi connectivity index (χ0v) is 16.9. The number of hydrogen-bond acceptors (Lipinski definition) is 6. The molecule has 0 aromatic heterocycles. The van der Waals surface area contributed by atoms with Crippen LogP contribution < -0.4 is 10.1 Å². The van der Waals surface area contributed by atoms with E-state index in [4.69, 9.17) is 9.47 Å². The first-order chi connectivity index (χ1) is 13.8. The van der Waals surface area contributed by atoms with Gasteiger partial charge in [-0.3, -0.25) is 4.79 Å². The molecule has 0 bridgehead atoms. The van der Waals surface area contributed by atoms with Gasteiger partial charge in [-0.15, -0.1) is 0 Å². The molecule has 0 spiro atoms. The quantitative estimate of drug-likeness (QED) is 0.693. The summed E-state index contributed by atoms with van der Waals surface area (Å²) in [6, 6.07) is 16.1. The Hall–Kier alpha value is -2.87. The molecule has 1 amide bonds. The molecule has 29 heavy (non-hydrogen) atoms. The van der Waals surface area contributed by atoms with E-state index in [1.54, 1.807) is 31.2 Å². The first-order valence-corrected chi connectivity index (χ1v) is 11.0. The minimum absolute atomic E-state index is 0.0400. The fourth-order valence-corrected chi connectivity index (χ4v) is 5.31. The molecule has 0 saturated carbocycles. The largest absolute Gasteiger partial charge is 0.489 e. The Kier molecular flexibility index (Phi) is 6.22. The highest BCUT2D eigenvalue weighted by Gasteiger charge is 2.39. The number of amides is 1. The molecule has 1 saturated heterocycles. The molecule has 1 heterocycles. The van der Waals surface area contributed by atoms with Crippen molar-refractivity contribution in [3.63, 3.8) is 0 Å². The Morgan fingerprint density at radius 3 is 2.45 bits per heavy atom. The Bertz CT molecular complexity index is 989. The lowest BCUT2D eigenvalue weighted by Crippen LogP contribution is -2.48. The number of ether oxygens (including phenoxy) is 2. The highest BCUT2D eigenvalue weighted by atomic mass is 32.2. The van der Waals surface area contributed by atoms with Crippen molar-refractivity contribution in [1.29, 1.82) is 0 Å². The van der Waals surface area contributed by atoms with E-state index in [0.29, 0.717) is 23.3 Å². The van der Waals surface area contributed by atoms with Crippen LogP contribution in [0, 0.1) is 0 Å². The van der Waals surface area contributed by atoms with Crippen molar-refractivity contribution in [2.75, 3.05) is 18.1 Å². The van der Waals surface area contributed by atoms with Gasteiger partial charge in [-0.25, -0.2) is 13.2 Å². The third-order valence-corrected chi connectivity index (χ3v) is 6.56. The van der Waals surface area contributed by atoms with E-state index in [1.807, 2.05) is 30.3 Å². The molecule has 3 rings (SSSR count). The van der Waals surface area contributed by atoms with Crippen molar-refractivity contribution in [2.24, 2.45) is 0 Å². The van der Waals surface area contributed by atoms with Crippen LogP contribution in [0.2, 0.25) is 0 Å². The van der Waals surface area contributed by atoms with Crippen LogP contribution in [-0.2, 0) is 26.0 Å². The molecule has 154 valence electrons. The fraction of sp³-hybridized carbons (Fsp3) is 0.333. The molecule has 0 radical (unpaired) electrons. The van der Waals surface area contributed by atoms with E-state index in [1.165, 1.54) is 0 Å². The number of rotatable bonds is 7. The van der Waals surface area contributed by atoms with E-state index in [0.717, 1.165) is 0 Å². The second kappa shape index (κ2) is 8.65. The van der Waals surface area contributed by atoms with Gasteiger partial charge in [0.1, 0.15) is 12.4 Å². The van der Waals surface area contributed by atoms with Gasteiger partial charge in [-0.05, 0) is 31.5 Å². The number of nitrogens with one attached hydrogen (secondary N) is 1. The summed E-state index contributed by atoms with van der Waals surface area (Å²) in [5.41, 5.74) is 0.116. The lowest BCUT2D eigenvalue weighted by Gasteiger charge is -2.23. The number of esters is 1. The first-order valence-electron chi connectivity index (χ1n) is 9.21. The van der Waals surface area contributed by atoms with Crippen molar-refractivity contribution in [3.8, 4) is 5.75 Å². The van der Waals surface area contributed by atoms with Gasteiger partial charge in [0.2, 0.25) is 0 Å². The van der Waals surface area contributed by atoms with E-state index in [2.05, 4.69) is 5.32 Å². The number of carbonyl (C=O) groups is 2. The molecular formula is C21H23NO6S. The predicted molar refractivity (Wildman–Crippen MR) is 107 cm³/mol. The van der Waals surface area contributed by atoms with Gasteiger partial charge in [0.25, 0.3) is 5.91 Å². The molecule has 8 heteroatoms. The summed E-state index contributed by atoms with van der Waals surface area (Å²) < 4.78 is 34.1. The SMILES string of the molecule is C[C@]1(NC(=O)COC(=O)c2ccccc2COc2ccccc2)CCS(=O)(=O)C1. The summed E-state index contributed by atoms with van der Waals surface area (Å²) in [6.07, 6.45) is 0.342. The van der Waals surface area contributed by atoms with Crippen LogP contribution in [0.3, 0.4) is 0 Å². The van der Waals surface area contributed by atoms with Gasteiger partial charge in [0.15, 0.2) is 16.4 Å². The monoisotopic (exact) mass is 417 g/mol. The molecule has 1 atom stereocenters. The molecular weight excluding hydrogens is 394 g/mol. The number of sulfone groups is 1. The van der Waals surface area contributed by atoms with Crippen LogP contribution in [0.5, 0.6) is 5.75 Å². The van der Waals surface area contributed by atoms with Crippen LogP contribution in [-0.4, -0.2) is 43.9 Å². The first kappa shape index (κ1) is 20.9. The minimum Gasteiger partial charge on any atom is -0.489 e. The maximum absolute atomic E-state index is 12.4. The topological polar surface area (TPSA) is 98.8 Å². The molecule has 1 fully saturated rings. The molecule has 1 aliphatic rings. The molecule has 0 unspecified atom stereocenters. The van der Waals surface area contributed by atoms with E-state index >= 15 is 0 Å². The second-order valence-electron chi connectivity index (χ2n) is 7.29. The van der Waals surface area contributed by atoms with Crippen LogP contribution in [0.25, 0.3) is 0 Å². The third-order valence-electron chi connectivity index (χ3n) is 4.65. The molecule has 2 aromatic rings. The standard InChI is InChI=1S/C21H23NO6S/c1-21(11-12-29(25,26)15-21)22-19(23)14-28-20(24)18-10-6-5-7-16(18)13-27-17-8-3-2-4-9-17/h2-10H,11-15H2,1H3,(H,22,23)/t21-/m0/s1. The molecule has 1 aliphatic heterocycles. The van der Waals surface area contributed by atoms with Crippen LogP contribution in [0.4, 0.5) is 0 Å². The Morgan fingerprint density at radius 2 is 1.76 bits per heavy atom. The van der Waals surface area contributed by atoms with Gasteiger partial charge >= 0.3 is 5.97 Å². The van der Waals surface area contributed by atoms with E-state index in [-0.39, 0.29) is 18.1 Å². The number of benzene rings is 2. The Labute approximate surface area is 169 Å². The lowest BCUT2D eigenvalue weighted by atomic mass is 10.0. The van der Waals surface area contributed by atoms with Gasteiger partial charge < -0.3 is 14.8 Å². The smallest absolute Gasteiger partial charge is 0.339 e.